The van der Waals surface area contributed by atoms with E-state index >= 15 is 0 Å². The van der Waals surface area contributed by atoms with Crippen LogP contribution < -0.4 is 5.32 Å². The summed E-state index contributed by atoms with van der Waals surface area (Å²) in [7, 11) is 0. The van der Waals surface area contributed by atoms with Gasteiger partial charge in [0.15, 0.2) is 5.13 Å². The topological polar surface area (TPSA) is 64.8 Å². The number of anilines is 2. The highest BCUT2D eigenvalue weighted by molar-refractivity contribution is 7.16. The summed E-state index contributed by atoms with van der Waals surface area (Å²) >= 11 is 1.34. The molecule has 1 fully saturated rings. The van der Waals surface area contributed by atoms with Gasteiger partial charge in [0, 0.05) is 6.54 Å². The Balaban J connectivity index is 1.34. The van der Waals surface area contributed by atoms with Crippen molar-refractivity contribution < 1.29 is 0 Å². The minimum atomic E-state index is 0.309. The summed E-state index contributed by atoms with van der Waals surface area (Å²) in [5.74, 6) is 0.767. The van der Waals surface area contributed by atoms with Crippen LogP contribution in [0.25, 0.3) is 10.8 Å². The molecule has 148 valence electrons. The number of nitriles is 1. The van der Waals surface area contributed by atoms with E-state index in [9.17, 15) is 0 Å². The standard InChI is InChI=1S/C24H21N5S/c25-14-20-15-26-24(30-20)28-23-9-3-7-21(27-23)22-8-4-12-29(22)16-17-10-11-18-5-1-2-6-19(18)13-17/h1-3,5-7,9-11,13,15,22H,4,8,12,16H2,(H,26,27,28)/t22-/m1/s1. The number of thiazole rings is 1. The van der Waals surface area contributed by atoms with Gasteiger partial charge in [-0.15, -0.1) is 0 Å². The zero-order chi connectivity index (χ0) is 20.3. The molecule has 30 heavy (non-hydrogen) atoms. The van der Waals surface area contributed by atoms with Gasteiger partial charge in [-0.1, -0.05) is 53.8 Å². The zero-order valence-electron chi connectivity index (χ0n) is 16.5. The molecular formula is C24H21N5S. The molecular weight excluding hydrogens is 390 g/mol. The van der Waals surface area contributed by atoms with Crippen molar-refractivity contribution >= 4 is 33.1 Å². The first kappa shape index (κ1) is 18.7. The summed E-state index contributed by atoms with van der Waals surface area (Å²) in [5.41, 5.74) is 2.41. The average Bonchev–Trinajstić information content (AvgIpc) is 3.43. The van der Waals surface area contributed by atoms with Gasteiger partial charge in [0.1, 0.15) is 16.8 Å². The molecule has 0 bridgehead atoms. The van der Waals surface area contributed by atoms with Crippen molar-refractivity contribution in [1.82, 2.24) is 14.9 Å². The van der Waals surface area contributed by atoms with Crippen LogP contribution in [-0.4, -0.2) is 21.4 Å². The van der Waals surface area contributed by atoms with Gasteiger partial charge in [0.25, 0.3) is 0 Å². The number of rotatable bonds is 5. The number of aromatic nitrogens is 2. The van der Waals surface area contributed by atoms with Crippen LogP contribution in [0, 0.1) is 11.3 Å². The van der Waals surface area contributed by atoms with Gasteiger partial charge < -0.3 is 5.32 Å². The Bertz CT molecular complexity index is 1230. The number of likely N-dealkylation sites (tertiary alicyclic amines) is 1. The third-order valence-corrected chi connectivity index (χ3v) is 6.34. The second-order valence-corrected chi connectivity index (χ2v) is 8.55. The van der Waals surface area contributed by atoms with Crippen LogP contribution in [-0.2, 0) is 6.54 Å². The van der Waals surface area contributed by atoms with Crippen LogP contribution in [0.15, 0.2) is 66.9 Å². The third kappa shape index (κ3) is 3.90. The van der Waals surface area contributed by atoms with E-state index in [1.165, 1.54) is 34.1 Å². The maximum Gasteiger partial charge on any atom is 0.189 e. The van der Waals surface area contributed by atoms with Crippen molar-refractivity contribution in [3.63, 3.8) is 0 Å². The molecule has 1 atom stereocenters. The Hall–Kier alpha value is -3.27. The number of benzene rings is 2. The van der Waals surface area contributed by atoms with E-state index in [2.05, 4.69) is 69.8 Å². The molecule has 0 amide bonds. The molecule has 6 heteroatoms. The fraction of sp³-hybridized carbons (Fsp3) is 0.208. The molecule has 1 aliphatic heterocycles. The minimum absolute atomic E-state index is 0.309. The van der Waals surface area contributed by atoms with Crippen LogP contribution in [0.5, 0.6) is 0 Å². The van der Waals surface area contributed by atoms with Gasteiger partial charge in [-0.05, 0) is 53.9 Å². The highest BCUT2D eigenvalue weighted by atomic mass is 32.1. The van der Waals surface area contributed by atoms with Gasteiger partial charge in [-0.2, -0.15) is 5.26 Å². The lowest BCUT2D eigenvalue weighted by molar-refractivity contribution is 0.244. The lowest BCUT2D eigenvalue weighted by Crippen LogP contribution is -2.23. The van der Waals surface area contributed by atoms with Crippen molar-refractivity contribution in [2.45, 2.75) is 25.4 Å². The van der Waals surface area contributed by atoms with E-state index in [0.717, 1.165) is 31.0 Å². The molecule has 0 aliphatic carbocycles. The second kappa shape index (κ2) is 8.23. The van der Waals surface area contributed by atoms with Crippen molar-refractivity contribution in [1.29, 1.82) is 5.26 Å². The van der Waals surface area contributed by atoms with Crippen LogP contribution >= 0.6 is 11.3 Å². The van der Waals surface area contributed by atoms with E-state index in [-0.39, 0.29) is 0 Å². The van der Waals surface area contributed by atoms with E-state index in [1.807, 2.05) is 12.1 Å². The molecule has 0 radical (unpaired) electrons. The summed E-state index contributed by atoms with van der Waals surface area (Å²) in [6.45, 7) is 2.00. The minimum Gasteiger partial charge on any atom is -0.316 e. The number of fused-ring (bicyclic) bond motifs is 1. The van der Waals surface area contributed by atoms with E-state index < -0.39 is 0 Å². The Morgan fingerprint density at radius 1 is 1.10 bits per heavy atom. The molecule has 3 heterocycles. The molecule has 1 saturated heterocycles. The number of hydrogen-bond donors (Lipinski definition) is 1. The van der Waals surface area contributed by atoms with E-state index in [4.69, 9.17) is 10.2 Å². The van der Waals surface area contributed by atoms with Crippen LogP contribution in [0.4, 0.5) is 10.9 Å². The fourth-order valence-electron chi connectivity index (χ4n) is 4.12. The molecule has 1 aliphatic rings. The summed E-state index contributed by atoms with van der Waals surface area (Å²) in [4.78, 5) is 12.2. The van der Waals surface area contributed by atoms with E-state index in [0.29, 0.717) is 16.1 Å². The normalized spacial score (nSPS) is 16.6. The highest BCUT2D eigenvalue weighted by Crippen LogP contribution is 2.33. The van der Waals surface area contributed by atoms with Crippen molar-refractivity contribution in [2.75, 3.05) is 11.9 Å². The van der Waals surface area contributed by atoms with Gasteiger partial charge in [-0.3, -0.25) is 4.90 Å². The SMILES string of the molecule is N#Cc1cnc(Nc2cccc([C@H]3CCCN3Cc3ccc4ccccc4c3)n2)s1. The van der Waals surface area contributed by atoms with Crippen LogP contribution in [0.1, 0.15) is 35.0 Å². The highest BCUT2D eigenvalue weighted by Gasteiger charge is 2.27. The largest absolute Gasteiger partial charge is 0.316 e. The summed E-state index contributed by atoms with van der Waals surface area (Å²) in [5, 5.41) is 15.5. The van der Waals surface area contributed by atoms with Crippen molar-refractivity contribution in [3.8, 4) is 6.07 Å². The number of nitrogens with one attached hydrogen (secondary N) is 1. The number of hydrogen-bond acceptors (Lipinski definition) is 6. The smallest absolute Gasteiger partial charge is 0.189 e. The van der Waals surface area contributed by atoms with Gasteiger partial charge in [0.05, 0.1) is 17.9 Å². The van der Waals surface area contributed by atoms with E-state index in [1.54, 1.807) is 6.20 Å². The predicted molar refractivity (Wildman–Crippen MR) is 121 cm³/mol. The first-order chi connectivity index (χ1) is 14.8. The van der Waals surface area contributed by atoms with Gasteiger partial charge in [0.2, 0.25) is 0 Å². The molecule has 1 N–H and O–H groups in total. The number of pyridine rings is 1. The Morgan fingerprint density at radius 3 is 2.87 bits per heavy atom. The summed E-state index contributed by atoms with van der Waals surface area (Å²) in [6.07, 6.45) is 3.87. The lowest BCUT2D eigenvalue weighted by atomic mass is 10.1. The summed E-state index contributed by atoms with van der Waals surface area (Å²) < 4.78 is 0. The lowest BCUT2D eigenvalue weighted by Gasteiger charge is -2.24. The van der Waals surface area contributed by atoms with Crippen molar-refractivity contribution in [2.24, 2.45) is 0 Å². The predicted octanol–water partition coefficient (Wildman–Crippen LogP) is 5.64. The first-order valence-corrected chi connectivity index (χ1v) is 10.9. The Morgan fingerprint density at radius 2 is 2.00 bits per heavy atom. The van der Waals surface area contributed by atoms with Gasteiger partial charge >= 0.3 is 0 Å². The molecule has 5 rings (SSSR count). The Kier molecular flexibility index (Phi) is 5.14. The fourth-order valence-corrected chi connectivity index (χ4v) is 4.74. The molecule has 2 aromatic heterocycles. The quantitative estimate of drug-likeness (QED) is 0.460. The average molecular weight is 412 g/mol. The zero-order valence-corrected chi connectivity index (χ0v) is 17.3. The second-order valence-electron chi connectivity index (χ2n) is 7.52. The van der Waals surface area contributed by atoms with Gasteiger partial charge in [-0.25, -0.2) is 9.97 Å². The monoisotopic (exact) mass is 411 g/mol. The third-order valence-electron chi connectivity index (χ3n) is 5.53. The Labute approximate surface area is 179 Å². The maximum atomic E-state index is 8.98. The summed E-state index contributed by atoms with van der Waals surface area (Å²) in [6, 6.07) is 23.8. The molecule has 0 saturated carbocycles. The molecule has 5 nitrogen and oxygen atoms in total. The molecule has 2 aromatic carbocycles. The first-order valence-electron chi connectivity index (χ1n) is 10.1. The molecule has 0 spiro atoms. The molecule has 4 aromatic rings. The van der Waals surface area contributed by atoms with Crippen LogP contribution in [0.3, 0.4) is 0 Å². The van der Waals surface area contributed by atoms with Crippen LogP contribution in [0.2, 0.25) is 0 Å². The maximum absolute atomic E-state index is 8.98. The van der Waals surface area contributed by atoms with Crippen molar-refractivity contribution in [3.05, 3.63) is 83.0 Å². The number of nitrogens with zero attached hydrogens (tertiary/aromatic N) is 4. The molecule has 0 unspecified atom stereocenters.